The topological polar surface area (TPSA) is 43.1 Å². The molecule has 0 saturated heterocycles. The highest BCUT2D eigenvalue weighted by molar-refractivity contribution is 5.78. The summed E-state index contributed by atoms with van der Waals surface area (Å²) in [5.41, 5.74) is 3.89. The van der Waals surface area contributed by atoms with Crippen molar-refractivity contribution >= 4 is 16.7 Å². The molecular formula is C11H10N4. The highest BCUT2D eigenvalue weighted by Crippen LogP contribution is 2.16. The standard InChI is InChI=1S/C11H10N4/c1-2-8-11-14-12-7-15(11)10-6-4-3-5-9(10)13-8/h3-7H,2H2,1H3. The fourth-order valence-corrected chi connectivity index (χ4v) is 1.80. The van der Waals surface area contributed by atoms with E-state index >= 15 is 0 Å². The Kier molecular flexibility index (Phi) is 1.68. The molecule has 74 valence electrons. The summed E-state index contributed by atoms with van der Waals surface area (Å²) < 4.78 is 1.99. The number of rotatable bonds is 1. The second-order valence-electron chi connectivity index (χ2n) is 3.43. The molecule has 0 radical (unpaired) electrons. The summed E-state index contributed by atoms with van der Waals surface area (Å²) in [7, 11) is 0. The second kappa shape index (κ2) is 3.02. The summed E-state index contributed by atoms with van der Waals surface area (Å²) in [6.07, 6.45) is 2.60. The van der Waals surface area contributed by atoms with Gasteiger partial charge in [-0.15, -0.1) is 10.2 Å². The molecule has 3 rings (SSSR count). The fourth-order valence-electron chi connectivity index (χ4n) is 1.80. The first-order valence-electron chi connectivity index (χ1n) is 4.97. The molecule has 0 aliphatic rings. The molecule has 0 amide bonds. The van der Waals surface area contributed by atoms with E-state index in [0.29, 0.717) is 0 Å². The molecule has 0 N–H and O–H groups in total. The molecule has 0 aliphatic heterocycles. The van der Waals surface area contributed by atoms with Crippen LogP contribution >= 0.6 is 0 Å². The van der Waals surface area contributed by atoms with E-state index < -0.39 is 0 Å². The molecule has 0 aliphatic carbocycles. The van der Waals surface area contributed by atoms with Crippen LogP contribution in [0.25, 0.3) is 16.7 Å². The first kappa shape index (κ1) is 8.35. The number of hydrogen-bond acceptors (Lipinski definition) is 3. The van der Waals surface area contributed by atoms with Crippen molar-refractivity contribution in [2.75, 3.05) is 0 Å². The number of benzene rings is 1. The molecule has 0 bridgehead atoms. The number of aromatic nitrogens is 4. The summed E-state index contributed by atoms with van der Waals surface area (Å²) in [5, 5.41) is 8.02. The Morgan fingerprint density at radius 1 is 1.27 bits per heavy atom. The van der Waals surface area contributed by atoms with E-state index in [1.54, 1.807) is 6.33 Å². The number of fused-ring (bicyclic) bond motifs is 3. The van der Waals surface area contributed by atoms with Gasteiger partial charge in [0, 0.05) is 0 Å². The Balaban J connectivity index is 2.57. The number of nitrogens with zero attached hydrogens (tertiary/aromatic N) is 4. The molecule has 0 saturated carbocycles. The van der Waals surface area contributed by atoms with E-state index in [9.17, 15) is 0 Å². The molecule has 0 atom stereocenters. The lowest BCUT2D eigenvalue weighted by molar-refractivity contribution is 1.03. The molecule has 4 nitrogen and oxygen atoms in total. The van der Waals surface area contributed by atoms with Crippen molar-refractivity contribution in [1.29, 1.82) is 0 Å². The minimum atomic E-state index is 0.858. The zero-order valence-electron chi connectivity index (χ0n) is 8.38. The SMILES string of the molecule is CCc1nc2ccccc2n2cnnc12. The van der Waals surface area contributed by atoms with Gasteiger partial charge < -0.3 is 0 Å². The van der Waals surface area contributed by atoms with Gasteiger partial charge in [0.05, 0.1) is 16.7 Å². The normalized spacial score (nSPS) is 11.3. The zero-order valence-corrected chi connectivity index (χ0v) is 8.38. The lowest BCUT2D eigenvalue weighted by atomic mass is 10.2. The summed E-state index contributed by atoms with van der Waals surface area (Å²) in [6.45, 7) is 2.08. The van der Waals surface area contributed by atoms with Gasteiger partial charge in [-0.3, -0.25) is 4.40 Å². The molecule has 1 aromatic carbocycles. The molecule has 3 aromatic rings. The van der Waals surface area contributed by atoms with Gasteiger partial charge in [-0.2, -0.15) is 0 Å². The lowest BCUT2D eigenvalue weighted by Crippen LogP contribution is -1.97. The van der Waals surface area contributed by atoms with Crippen LogP contribution in [0.1, 0.15) is 12.6 Å². The molecule has 15 heavy (non-hydrogen) atoms. The van der Waals surface area contributed by atoms with Crippen molar-refractivity contribution in [2.45, 2.75) is 13.3 Å². The minimum absolute atomic E-state index is 0.858. The summed E-state index contributed by atoms with van der Waals surface area (Å²) in [6, 6.07) is 8.02. The Morgan fingerprint density at radius 3 is 3.00 bits per heavy atom. The van der Waals surface area contributed by atoms with Crippen LogP contribution in [0, 0.1) is 0 Å². The van der Waals surface area contributed by atoms with Crippen LogP contribution in [0.2, 0.25) is 0 Å². The number of para-hydroxylation sites is 2. The van der Waals surface area contributed by atoms with E-state index in [1.807, 2.05) is 28.7 Å². The number of hydrogen-bond donors (Lipinski definition) is 0. The molecular weight excluding hydrogens is 188 g/mol. The fraction of sp³-hybridized carbons (Fsp3) is 0.182. The summed E-state index contributed by atoms with van der Waals surface area (Å²) >= 11 is 0. The summed E-state index contributed by atoms with van der Waals surface area (Å²) in [4.78, 5) is 4.57. The smallest absolute Gasteiger partial charge is 0.182 e. The van der Waals surface area contributed by atoms with Crippen LogP contribution in [-0.2, 0) is 6.42 Å². The third-order valence-electron chi connectivity index (χ3n) is 2.54. The van der Waals surface area contributed by atoms with Crippen LogP contribution in [0.5, 0.6) is 0 Å². The Morgan fingerprint density at radius 2 is 2.13 bits per heavy atom. The van der Waals surface area contributed by atoms with E-state index in [-0.39, 0.29) is 0 Å². The number of aryl methyl sites for hydroxylation is 1. The van der Waals surface area contributed by atoms with Gasteiger partial charge in [0.2, 0.25) is 0 Å². The predicted octanol–water partition coefficient (Wildman–Crippen LogP) is 1.84. The van der Waals surface area contributed by atoms with Crippen LogP contribution < -0.4 is 0 Å². The van der Waals surface area contributed by atoms with Crippen molar-refractivity contribution in [3.8, 4) is 0 Å². The maximum absolute atomic E-state index is 4.57. The molecule has 4 heteroatoms. The van der Waals surface area contributed by atoms with Gasteiger partial charge in [0.15, 0.2) is 5.65 Å². The average molecular weight is 198 g/mol. The monoisotopic (exact) mass is 198 g/mol. The minimum Gasteiger partial charge on any atom is -0.278 e. The van der Waals surface area contributed by atoms with Gasteiger partial charge in [-0.1, -0.05) is 19.1 Å². The molecule has 2 heterocycles. The molecule has 0 unspecified atom stereocenters. The highest BCUT2D eigenvalue weighted by atomic mass is 15.2. The molecule has 2 aromatic heterocycles. The van der Waals surface area contributed by atoms with E-state index in [1.165, 1.54) is 0 Å². The van der Waals surface area contributed by atoms with E-state index in [4.69, 9.17) is 0 Å². The van der Waals surface area contributed by atoms with Crippen LogP contribution in [0.4, 0.5) is 0 Å². The highest BCUT2D eigenvalue weighted by Gasteiger charge is 2.07. The summed E-state index contributed by atoms with van der Waals surface area (Å²) in [5.74, 6) is 0. The van der Waals surface area contributed by atoms with Crippen LogP contribution in [0.3, 0.4) is 0 Å². The Bertz CT molecular complexity index is 627. The lowest BCUT2D eigenvalue weighted by Gasteiger charge is -2.03. The quantitative estimate of drug-likeness (QED) is 0.599. The van der Waals surface area contributed by atoms with Crippen molar-refractivity contribution in [3.05, 3.63) is 36.3 Å². The maximum atomic E-state index is 4.57. The predicted molar refractivity (Wildman–Crippen MR) is 57.7 cm³/mol. The maximum Gasteiger partial charge on any atom is 0.182 e. The average Bonchev–Trinajstić information content (AvgIpc) is 2.77. The molecule has 0 spiro atoms. The first-order valence-corrected chi connectivity index (χ1v) is 4.97. The van der Waals surface area contributed by atoms with Crippen molar-refractivity contribution in [1.82, 2.24) is 19.6 Å². The first-order chi connectivity index (χ1) is 7.40. The Hall–Kier alpha value is -1.97. The largest absolute Gasteiger partial charge is 0.278 e. The van der Waals surface area contributed by atoms with Gasteiger partial charge in [-0.05, 0) is 18.6 Å². The van der Waals surface area contributed by atoms with E-state index in [2.05, 4.69) is 22.1 Å². The second-order valence-corrected chi connectivity index (χ2v) is 3.43. The zero-order chi connectivity index (χ0) is 10.3. The Labute approximate surface area is 86.6 Å². The third-order valence-corrected chi connectivity index (χ3v) is 2.54. The van der Waals surface area contributed by atoms with Crippen LogP contribution in [0.15, 0.2) is 30.6 Å². The van der Waals surface area contributed by atoms with Gasteiger partial charge in [0.25, 0.3) is 0 Å². The van der Waals surface area contributed by atoms with Crippen molar-refractivity contribution in [3.63, 3.8) is 0 Å². The molecule has 0 fully saturated rings. The van der Waals surface area contributed by atoms with Gasteiger partial charge in [0.1, 0.15) is 6.33 Å². The van der Waals surface area contributed by atoms with Crippen LogP contribution in [-0.4, -0.2) is 19.6 Å². The third kappa shape index (κ3) is 1.11. The van der Waals surface area contributed by atoms with Crippen molar-refractivity contribution < 1.29 is 0 Å². The van der Waals surface area contributed by atoms with Gasteiger partial charge in [-0.25, -0.2) is 4.98 Å². The van der Waals surface area contributed by atoms with Gasteiger partial charge >= 0.3 is 0 Å². The van der Waals surface area contributed by atoms with Crippen molar-refractivity contribution in [2.24, 2.45) is 0 Å². The van der Waals surface area contributed by atoms with E-state index in [0.717, 1.165) is 28.8 Å².